The third-order valence-corrected chi connectivity index (χ3v) is 5.47. The molecule has 20 heavy (non-hydrogen) atoms. The maximum atomic E-state index is 3.78. The second kappa shape index (κ2) is 4.57. The number of halogens is 2. The summed E-state index contributed by atoms with van der Waals surface area (Å²) in [5, 5.41) is 7.50. The number of rotatable bonds is 0. The molecule has 0 aliphatic rings. The minimum Gasteiger partial charge on any atom is -0.0616 e. The number of hydrogen-bond acceptors (Lipinski definition) is 0. The van der Waals surface area contributed by atoms with E-state index in [1.807, 2.05) is 0 Å². The monoisotopic (exact) mass is 384 g/mol. The highest BCUT2D eigenvalue weighted by Gasteiger charge is 2.11. The van der Waals surface area contributed by atoms with E-state index in [9.17, 15) is 0 Å². The summed E-state index contributed by atoms with van der Waals surface area (Å²) < 4.78 is 2.33. The Kier molecular flexibility index (Phi) is 2.83. The molecule has 0 unspecified atom stereocenters. The Balaban J connectivity index is 2.31. The van der Waals surface area contributed by atoms with Crippen molar-refractivity contribution in [1.82, 2.24) is 0 Å². The molecule has 0 aliphatic carbocycles. The van der Waals surface area contributed by atoms with Gasteiger partial charge in [0.05, 0.1) is 0 Å². The van der Waals surface area contributed by atoms with Crippen molar-refractivity contribution in [2.24, 2.45) is 0 Å². The third kappa shape index (κ3) is 1.72. The van der Waals surface area contributed by atoms with E-state index in [-0.39, 0.29) is 0 Å². The highest BCUT2D eigenvalue weighted by Crippen LogP contribution is 2.40. The zero-order chi connectivity index (χ0) is 13.7. The predicted molar refractivity (Wildman–Crippen MR) is 94.4 cm³/mol. The predicted octanol–water partition coefficient (Wildman–Crippen LogP) is 6.67. The van der Waals surface area contributed by atoms with Gasteiger partial charge in [-0.1, -0.05) is 48.5 Å². The number of benzene rings is 4. The normalized spacial score (nSPS) is 11.5. The number of hydrogen-bond donors (Lipinski definition) is 0. The fourth-order valence-corrected chi connectivity index (χ4v) is 4.11. The van der Waals surface area contributed by atoms with Crippen LogP contribution < -0.4 is 0 Å². The summed E-state index contributed by atoms with van der Waals surface area (Å²) in [5.41, 5.74) is 0. The van der Waals surface area contributed by atoms with E-state index < -0.39 is 0 Å². The lowest BCUT2D eigenvalue weighted by Gasteiger charge is -2.11. The van der Waals surface area contributed by atoms with Crippen LogP contribution in [0.15, 0.2) is 69.6 Å². The van der Waals surface area contributed by atoms with Gasteiger partial charge in [-0.2, -0.15) is 0 Å². The fourth-order valence-electron chi connectivity index (χ4n) is 2.76. The van der Waals surface area contributed by atoms with Crippen LogP contribution in [0.25, 0.3) is 32.3 Å². The van der Waals surface area contributed by atoms with Crippen molar-refractivity contribution >= 4 is 64.2 Å². The van der Waals surface area contributed by atoms with Gasteiger partial charge in [-0.3, -0.25) is 0 Å². The van der Waals surface area contributed by atoms with Crippen molar-refractivity contribution in [1.29, 1.82) is 0 Å². The summed E-state index contributed by atoms with van der Waals surface area (Å²) in [7, 11) is 0. The molecular weight excluding hydrogens is 376 g/mol. The van der Waals surface area contributed by atoms with Gasteiger partial charge in [0.15, 0.2) is 0 Å². The lowest BCUT2D eigenvalue weighted by molar-refractivity contribution is 1.73. The average molecular weight is 386 g/mol. The van der Waals surface area contributed by atoms with Crippen LogP contribution in [0.3, 0.4) is 0 Å². The number of fused-ring (bicyclic) bond motifs is 3. The van der Waals surface area contributed by atoms with Crippen LogP contribution in [-0.4, -0.2) is 0 Å². The SMILES string of the molecule is Brc1c2ccccc2c(Br)c2cc3ccccc3cc12. The lowest BCUT2D eigenvalue weighted by Crippen LogP contribution is -1.83. The van der Waals surface area contributed by atoms with Crippen LogP contribution in [0.5, 0.6) is 0 Å². The van der Waals surface area contributed by atoms with Gasteiger partial charge in [0, 0.05) is 8.95 Å². The van der Waals surface area contributed by atoms with Crippen molar-refractivity contribution in [3.63, 3.8) is 0 Å². The summed E-state index contributed by atoms with van der Waals surface area (Å²) in [6, 6.07) is 21.4. The molecule has 0 saturated heterocycles. The maximum Gasteiger partial charge on any atom is 0.0333 e. The van der Waals surface area contributed by atoms with Crippen LogP contribution in [0.2, 0.25) is 0 Å². The Morgan fingerprint density at radius 1 is 0.500 bits per heavy atom. The van der Waals surface area contributed by atoms with Gasteiger partial charge in [0.1, 0.15) is 0 Å². The molecule has 96 valence electrons. The van der Waals surface area contributed by atoms with Crippen molar-refractivity contribution in [3.05, 3.63) is 69.6 Å². The lowest BCUT2D eigenvalue weighted by atomic mass is 10.00. The molecule has 0 radical (unpaired) electrons. The molecule has 0 nitrogen and oxygen atoms in total. The Hall–Kier alpha value is -1.38. The molecule has 4 rings (SSSR count). The fraction of sp³-hybridized carbons (Fsp3) is 0. The van der Waals surface area contributed by atoms with E-state index in [2.05, 4.69) is 92.5 Å². The summed E-state index contributed by atoms with van der Waals surface area (Å²) in [6.45, 7) is 0. The second-order valence-corrected chi connectivity index (χ2v) is 6.50. The molecule has 0 aromatic heterocycles. The van der Waals surface area contributed by atoms with Gasteiger partial charge in [0.25, 0.3) is 0 Å². The molecule has 0 saturated carbocycles. The van der Waals surface area contributed by atoms with Gasteiger partial charge in [-0.15, -0.1) is 0 Å². The first-order valence-electron chi connectivity index (χ1n) is 6.44. The van der Waals surface area contributed by atoms with Crippen molar-refractivity contribution in [3.8, 4) is 0 Å². The molecule has 0 atom stereocenters. The molecular formula is C18H10Br2. The summed E-state index contributed by atoms with van der Waals surface area (Å²) in [5.74, 6) is 0. The molecule has 0 spiro atoms. The van der Waals surface area contributed by atoms with Crippen molar-refractivity contribution < 1.29 is 0 Å². The summed E-state index contributed by atoms with van der Waals surface area (Å²) in [6.07, 6.45) is 0. The first-order valence-corrected chi connectivity index (χ1v) is 8.02. The van der Waals surface area contributed by atoms with Crippen LogP contribution in [0.1, 0.15) is 0 Å². The van der Waals surface area contributed by atoms with Crippen LogP contribution in [0.4, 0.5) is 0 Å². The first-order chi connectivity index (χ1) is 9.75. The molecule has 0 amide bonds. The Bertz CT molecular complexity index is 891. The maximum absolute atomic E-state index is 3.78. The topological polar surface area (TPSA) is 0 Å². The standard InChI is InChI=1S/C18H10Br2/c19-17-13-7-3-4-8-14(13)18(20)16-10-12-6-2-1-5-11(12)9-15(16)17/h1-10H. The van der Waals surface area contributed by atoms with Crippen molar-refractivity contribution in [2.75, 3.05) is 0 Å². The average Bonchev–Trinajstić information content (AvgIpc) is 2.51. The largest absolute Gasteiger partial charge is 0.0616 e. The van der Waals surface area contributed by atoms with Crippen LogP contribution in [-0.2, 0) is 0 Å². The molecule has 0 aliphatic heterocycles. The second-order valence-electron chi connectivity index (χ2n) is 4.92. The quantitative estimate of drug-likeness (QED) is 0.296. The van der Waals surface area contributed by atoms with Gasteiger partial charge in [0.2, 0.25) is 0 Å². The van der Waals surface area contributed by atoms with E-state index in [0.717, 1.165) is 8.95 Å². The van der Waals surface area contributed by atoms with Gasteiger partial charge in [-0.25, -0.2) is 0 Å². The van der Waals surface area contributed by atoms with Crippen molar-refractivity contribution in [2.45, 2.75) is 0 Å². The Morgan fingerprint density at radius 2 is 0.900 bits per heavy atom. The van der Waals surface area contributed by atoms with E-state index in [0.29, 0.717) is 0 Å². The zero-order valence-electron chi connectivity index (χ0n) is 10.5. The molecule has 0 N–H and O–H groups in total. The van der Waals surface area contributed by atoms with Gasteiger partial charge >= 0.3 is 0 Å². The minimum absolute atomic E-state index is 1.16. The van der Waals surface area contributed by atoms with Gasteiger partial charge < -0.3 is 0 Å². The summed E-state index contributed by atoms with van der Waals surface area (Å²) in [4.78, 5) is 0. The minimum atomic E-state index is 1.16. The highest BCUT2D eigenvalue weighted by molar-refractivity contribution is 9.11. The molecule has 0 bridgehead atoms. The smallest absolute Gasteiger partial charge is 0.0333 e. The first kappa shape index (κ1) is 12.4. The molecule has 0 heterocycles. The molecule has 0 fully saturated rings. The van der Waals surface area contributed by atoms with Crippen LogP contribution in [0, 0.1) is 0 Å². The highest BCUT2D eigenvalue weighted by atomic mass is 79.9. The van der Waals surface area contributed by atoms with Crippen LogP contribution >= 0.6 is 31.9 Å². The Morgan fingerprint density at radius 3 is 1.35 bits per heavy atom. The molecule has 4 aromatic rings. The van der Waals surface area contributed by atoms with E-state index >= 15 is 0 Å². The Labute approximate surface area is 133 Å². The molecule has 4 aromatic carbocycles. The van der Waals surface area contributed by atoms with E-state index in [4.69, 9.17) is 0 Å². The van der Waals surface area contributed by atoms with E-state index in [1.54, 1.807) is 0 Å². The van der Waals surface area contributed by atoms with Gasteiger partial charge in [-0.05, 0) is 76.3 Å². The third-order valence-electron chi connectivity index (χ3n) is 3.76. The zero-order valence-corrected chi connectivity index (χ0v) is 13.7. The molecule has 2 heteroatoms. The van der Waals surface area contributed by atoms with E-state index in [1.165, 1.54) is 32.3 Å². The summed E-state index contributed by atoms with van der Waals surface area (Å²) >= 11 is 7.56.